The summed E-state index contributed by atoms with van der Waals surface area (Å²) in [6.07, 6.45) is -40.2. The Morgan fingerprint density at radius 1 is 0.487 bits per heavy atom. The van der Waals surface area contributed by atoms with Crippen molar-refractivity contribution in [3.63, 3.8) is 0 Å². The zero-order chi connectivity index (χ0) is 56.7. The van der Waals surface area contributed by atoms with Crippen LogP contribution in [0.4, 0.5) is 0 Å². The maximum absolute atomic E-state index is 14.4. The molecule has 448 valence electrons. The van der Waals surface area contributed by atoms with Crippen LogP contribution >= 0.6 is 0 Å². The van der Waals surface area contributed by atoms with Gasteiger partial charge in [0.25, 0.3) is 0 Å². The van der Waals surface area contributed by atoms with Crippen LogP contribution in [0, 0.1) is 28.1 Å². The number of aliphatic hydroxyl groups is 17. The quantitative estimate of drug-likeness (QED) is 0.0411. The average Bonchev–Trinajstić information content (AvgIpc) is 3.80. The van der Waals surface area contributed by atoms with Gasteiger partial charge in [-0.3, -0.25) is 4.79 Å². The Morgan fingerprint density at radius 2 is 0.923 bits per heavy atom. The Hall–Kier alpha value is -1.83. The van der Waals surface area contributed by atoms with Crippen molar-refractivity contribution < 1.29 is 139 Å². The molecule has 9 fully saturated rings. The van der Waals surface area contributed by atoms with Crippen LogP contribution in [0.5, 0.6) is 0 Å². The largest absolute Gasteiger partial charge is 0.432 e. The topological polar surface area (TPSA) is 453 Å². The summed E-state index contributed by atoms with van der Waals surface area (Å²) in [6, 6.07) is 0. The molecule has 4 aliphatic carbocycles. The predicted molar refractivity (Wildman–Crippen MR) is 252 cm³/mol. The highest BCUT2D eigenvalue weighted by atomic mass is 16.8. The highest BCUT2D eigenvalue weighted by Crippen LogP contribution is 2.74. The van der Waals surface area contributed by atoms with Gasteiger partial charge >= 0.3 is 5.97 Å². The zero-order valence-electron chi connectivity index (χ0n) is 43.3. The minimum absolute atomic E-state index is 0.0275. The Bertz CT molecular complexity index is 2070. The van der Waals surface area contributed by atoms with Crippen molar-refractivity contribution in [2.45, 2.75) is 231 Å². The van der Waals surface area contributed by atoms with E-state index in [1.165, 1.54) is 0 Å². The monoisotopic (exact) mass is 1130 g/mol. The Kier molecular flexibility index (Phi) is 18.2. The summed E-state index contributed by atoms with van der Waals surface area (Å²) in [4.78, 5) is 14.4. The van der Waals surface area contributed by atoms with Crippen LogP contribution in [-0.4, -0.2) is 285 Å². The molecule has 31 atom stereocenters. The number of rotatable bonds is 15. The summed E-state index contributed by atoms with van der Waals surface area (Å²) in [5, 5.41) is 181. The van der Waals surface area contributed by atoms with E-state index in [1.54, 1.807) is 0 Å². The molecule has 9 rings (SSSR count). The van der Waals surface area contributed by atoms with Gasteiger partial charge in [0.2, 0.25) is 6.29 Å². The molecule has 28 heteroatoms. The van der Waals surface area contributed by atoms with E-state index in [0.29, 0.717) is 56.9 Å². The van der Waals surface area contributed by atoms with Crippen molar-refractivity contribution in [3.8, 4) is 0 Å². The normalized spacial score (nSPS) is 54.5. The number of hydrogen-bond acceptors (Lipinski definition) is 28. The first-order valence-electron chi connectivity index (χ1n) is 26.9. The van der Waals surface area contributed by atoms with Gasteiger partial charge in [-0.05, 0) is 86.5 Å². The maximum atomic E-state index is 14.4. The molecule has 5 heterocycles. The number of carbonyl (C=O) groups excluding carboxylic acids is 1. The lowest BCUT2D eigenvalue weighted by molar-refractivity contribution is -0.405. The van der Waals surface area contributed by atoms with Crippen molar-refractivity contribution in [3.05, 3.63) is 12.2 Å². The van der Waals surface area contributed by atoms with E-state index in [0.717, 1.165) is 6.42 Å². The van der Waals surface area contributed by atoms with Gasteiger partial charge < -0.3 is 134 Å². The first-order valence-corrected chi connectivity index (χ1v) is 26.9. The van der Waals surface area contributed by atoms with Gasteiger partial charge in [-0.1, -0.05) is 19.9 Å². The molecule has 28 nitrogen and oxygen atoms in total. The molecule has 0 aromatic rings. The molecule has 1 spiro atoms. The van der Waals surface area contributed by atoms with Crippen LogP contribution in [0.15, 0.2) is 12.2 Å². The minimum Gasteiger partial charge on any atom is -0.432 e. The van der Waals surface area contributed by atoms with Crippen molar-refractivity contribution in [2.24, 2.45) is 28.1 Å². The molecular formula is C50H80O28. The molecule has 17 N–H and O–H groups in total. The van der Waals surface area contributed by atoms with Crippen molar-refractivity contribution in [1.82, 2.24) is 0 Å². The van der Waals surface area contributed by atoms with Gasteiger partial charge in [-0.25, -0.2) is 0 Å². The average molecular weight is 1130 g/mol. The Morgan fingerprint density at radius 3 is 1.46 bits per heavy atom. The van der Waals surface area contributed by atoms with Crippen molar-refractivity contribution in [2.75, 3.05) is 33.0 Å². The van der Waals surface area contributed by atoms with E-state index in [2.05, 4.69) is 13.5 Å². The number of fused-ring (bicyclic) bond motifs is 3. The fourth-order valence-electron chi connectivity index (χ4n) is 15.0. The molecule has 0 unspecified atom stereocenters. The molecule has 2 bridgehead atoms. The van der Waals surface area contributed by atoms with E-state index in [1.807, 2.05) is 6.92 Å². The molecule has 78 heavy (non-hydrogen) atoms. The fraction of sp³-hybridized carbons (Fsp3) is 0.940. The third kappa shape index (κ3) is 10.3. The standard InChI is InChI=1S/C50H80O28/c1-18-11-49-9-5-24-47(2,7-4-8-48(24,3)46(68)77-44-36(66)32(62)28(58)21(14-53)71-44)25(49)6-10-50(18,17-49)78-45-40(76-42-35(65)31(61)27(57)20(13-52)70-42)39(29(59)22(15-54)72-45)75-43-37(67)33(63)38(23(16-55)73-43)74-41-34(64)30(60)26(56)19(12-51)69-41/h19-45,51-67H,1,4-17H2,2-3H3/t19-,20-,21-,22-,23-,24+,25+,26-,27-,28-,29-,30+,31+,32+,33-,34-,35-,36-,37-,38-,39+,40-,41-,42+,43+,44+,45+,47-,48-,49-,50+/m1/s1. The van der Waals surface area contributed by atoms with Crippen LogP contribution < -0.4 is 0 Å². The second-order valence-electron chi connectivity index (χ2n) is 23.6. The number of aliphatic hydroxyl groups excluding tert-OH is 17. The van der Waals surface area contributed by atoms with Crippen LogP contribution in [0.25, 0.3) is 0 Å². The smallest absolute Gasteiger partial charge is 0.314 e. The maximum Gasteiger partial charge on any atom is 0.314 e. The van der Waals surface area contributed by atoms with Crippen LogP contribution in [0.1, 0.15) is 71.6 Å². The fourth-order valence-corrected chi connectivity index (χ4v) is 15.0. The molecule has 5 saturated heterocycles. The highest BCUT2D eigenvalue weighted by molar-refractivity contribution is 5.77. The number of hydrogen-bond donors (Lipinski definition) is 17. The SMILES string of the molecule is C=C1C[C@@]23CC[C@H]4[C@@](C)(CCC[C@@]4(C)C(=O)O[C@@H]4O[C@H](CO)[C@@H](O)[C@H](O)[C@H]4O)[C@@H]2CC[C@]1(O[C@@H]1O[C@H](CO)[C@@H](O)[C@H](O[C@@H]2O[C@H](CO)[C@@H](O[C@H]4O[C@H](CO)[C@@H](O)[C@H](O)[C@H]4O)[C@H](O)[C@H]2O)[C@H]1O[C@@H]1O[C@H](CO)[C@@H](O)[C@H](O)[C@H]1O)C3. The molecule has 0 aromatic heterocycles. The number of esters is 1. The van der Waals surface area contributed by atoms with E-state index >= 15 is 0 Å². The van der Waals surface area contributed by atoms with Gasteiger partial charge in [0, 0.05) is 0 Å². The summed E-state index contributed by atoms with van der Waals surface area (Å²) in [5.41, 5.74) is -2.61. The Balaban J connectivity index is 0.975. The van der Waals surface area contributed by atoms with Gasteiger partial charge in [-0.2, -0.15) is 0 Å². The van der Waals surface area contributed by atoms with Crippen molar-refractivity contribution in [1.29, 1.82) is 0 Å². The second-order valence-corrected chi connectivity index (χ2v) is 23.6. The first-order chi connectivity index (χ1) is 36.9. The molecule has 5 aliphatic heterocycles. The zero-order valence-corrected chi connectivity index (χ0v) is 43.3. The third-order valence-electron chi connectivity index (χ3n) is 19.2. The predicted octanol–water partition coefficient (Wildman–Crippen LogP) is -7.29. The van der Waals surface area contributed by atoms with Gasteiger partial charge in [-0.15, -0.1) is 0 Å². The first kappa shape index (κ1) is 60.8. The van der Waals surface area contributed by atoms with Crippen LogP contribution in [-0.2, 0) is 52.2 Å². The molecule has 0 aromatic carbocycles. The summed E-state index contributed by atoms with van der Waals surface area (Å²) in [7, 11) is 0. The van der Waals surface area contributed by atoms with E-state index < -0.39 is 214 Å². The summed E-state index contributed by atoms with van der Waals surface area (Å²) >= 11 is 0. The van der Waals surface area contributed by atoms with E-state index in [4.69, 9.17) is 47.4 Å². The summed E-state index contributed by atoms with van der Waals surface area (Å²) < 4.78 is 60.0. The van der Waals surface area contributed by atoms with Crippen LogP contribution in [0.3, 0.4) is 0 Å². The lowest BCUT2D eigenvalue weighted by Crippen LogP contribution is -2.68. The Labute approximate surface area is 448 Å². The van der Waals surface area contributed by atoms with E-state index in [9.17, 15) is 91.6 Å². The van der Waals surface area contributed by atoms with Gasteiger partial charge in [0.1, 0.15) is 122 Å². The lowest BCUT2D eigenvalue weighted by atomic mass is 9.41. The summed E-state index contributed by atoms with van der Waals surface area (Å²) in [6.45, 7) is 4.26. The third-order valence-corrected chi connectivity index (χ3v) is 19.2. The van der Waals surface area contributed by atoms with Gasteiger partial charge in [0.15, 0.2) is 25.2 Å². The number of carbonyl (C=O) groups is 1. The van der Waals surface area contributed by atoms with Crippen LogP contribution in [0.2, 0.25) is 0 Å². The van der Waals surface area contributed by atoms with E-state index in [-0.39, 0.29) is 11.8 Å². The molecule has 9 aliphatic rings. The molecular weight excluding hydrogens is 1050 g/mol. The highest BCUT2D eigenvalue weighted by Gasteiger charge is 2.70. The lowest BCUT2D eigenvalue weighted by Gasteiger charge is -2.64. The number of ether oxygens (including phenoxy) is 10. The molecule has 0 radical (unpaired) electrons. The minimum atomic E-state index is -2.14. The second kappa shape index (κ2) is 23.3. The summed E-state index contributed by atoms with van der Waals surface area (Å²) in [5.74, 6) is -0.929. The van der Waals surface area contributed by atoms with Gasteiger partial charge in [0.05, 0.1) is 44.1 Å². The van der Waals surface area contributed by atoms with Crippen molar-refractivity contribution >= 4 is 5.97 Å². The molecule has 0 amide bonds. The molecule has 4 saturated carbocycles.